The van der Waals surface area contributed by atoms with Gasteiger partial charge < -0.3 is 0 Å². The summed E-state index contributed by atoms with van der Waals surface area (Å²) in [5.74, 6) is 0. The summed E-state index contributed by atoms with van der Waals surface area (Å²) in [5, 5.41) is 0. The molecule has 0 spiro atoms. The molecular formula is C21H17I2P. The van der Waals surface area contributed by atoms with Crippen LogP contribution in [0.25, 0.3) is 5.57 Å². The third-order valence-electron chi connectivity index (χ3n) is 3.85. The average molecular weight is 554 g/mol. The van der Waals surface area contributed by atoms with Crippen LogP contribution in [0.15, 0.2) is 97.1 Å². The van der Waals surface area contributed by atoms with Crippen LogP contribution in [0.4, 0.5) is 0 Å². The highest BCUT2D eigenvalue weighted by Crippen LogP contribution is 2.65. The summed E-state index contributed by atoms with van der Waals surface area (Å²) in [6, 6.07) is 32.2. The van der Waals surface area contributed by atoms with Crippen LogP contribution in [-0.2, 0) is 0 Å². The molecule has 1 atom stereocenters. The van der Waals surface area contributed by atoms with Gasteiger partial charge in [-0.2, -0.15) is 0 Å². The Morgan fingerprint density at radius 1 is 0.667 bits per heavy atom. The first-order valence-corrected chi connectivity index (χ1v) is 14.7. The third-order valence-corrected chi connectivity index (χ3v) is 8.31. The van der Waals surface area contributed by atoms with Gasteiger partial charge in [0.15, 0.2) is 0 Å². The van der Waals surface area contributed by atoms with Crippen LogP contribution in [0.3, 0.4) is 0 Å². The minimum Gasteiger partial charge on any atom is -0.0628 e. The molecule has 0 radical (unpaired) electrons. The van der Waals surface area contributed by atoms with Gasteiger partial charge in [0.05, 0.1) is 0 Å². The van der Waals surface area contributed by atoms with Gasteiger partial charge in [-0.05, 0) is 66.3 Å². The maximum Gasteiger partial charge on any atom is 0.0411 e. The van der Waals surface area contributed by atoms with Crippen molar-refractivity contribution in [2.75, 3.05) is 0 Å². The number of halogens is 2. The van der Waals surface area contributed by atoms with Crippen molar-refractivity contribution in [2.24, 2.45) is 0 Å². The zero-order valence-electron chi connectivity index (χ0n) is 13.0. The predicted octanol–water partition coefficient (Wildman–Crippen LogP) is 8.04. The molecule has 3 heteroatoms. The molecule has 1 unspecified atom stereocenters. The molecule has 0 saturated carbocycles. The van der Waals surface area contributed by atoms with E-state index in [1.165, 1.54) is 22.3 Å². The van der Waals surface area contributed by atoms with Crippen molar-refractivity contribution in [1.82, 2.24) is 0 Å². The van der Waals surface area contributed by atoms with Gasteiger partial charge in [0, 0.05) is 8.87 Å². The second-order valence-corrected chi connectivity index (χ2v) is 18.3. The van der Waals surface area contributed by atoms with Crippen molar-refractivity contribution in [2.45, 2.75) is 5.66 Å². The lowest BCUT2D eigenvalue weighted by molar-refractivity contribution is 1.23. The van der Waals surface area contributed by atoms with E-state index >= 15 is 0 Å². The Bertz CT molecular complexity index is 742. The Kier molecular flexibility index (Phi) is 6.87. The molecule has 0 aromatic heterocycles. The van der Waals surface area contributed by atoms with Gasteiger partial charge in [-0.25, -0.2) is 0 Å². The SMILES string of the molecule is IP(I)C(C=C(c1ccccc1)c1ccccc1)c1ccccc1. The first-order chi connectivity index (χ1) is 11.8. The molecule has 0 aliphatic rings. The summed E-state index contributed by atoms with van der Waals surface area (Å²) in [6.45, 7) is 0. The van der Waals surface area contributed by atoms with Crippen molar-refractivity contribution in [3.63, 3.8) is 0 Å². The summed E-state index contributed by atoms with van der Waals surface area (Å²) in [6.07, 6.45) is 2.45. The first-order valence-electron chi connectivity index (χ1n) is 7.74. The van der Waals surface area contributed by atoms with E-state index in [4.69, 9.17) is 0 Å². The lowest BCUT2D eigenvalue weighted by atomic mass is 9.96. The Morgan fingerprint density at radius 3 is 1.50 bits per heavy atom. The number of allylic oxidation sites excluding steroid dienone is 1. The highest BCUT2D eigenvalue weighted by atomic mass is 127. The first kappa shape index (κ1) is 18.1. The number of hydrogen-bond donors (Lipinski definition) is 0. The third kappa shape index (κ3) is 4.68. The number of hydrogen-bond acceptors (Lipinski definition) is 0. The summed E-state index contributed by atoms with van der Waals surface area (Å²) < 4.78 is -0.190. The van der Waals surface area contributed by atoms with E-state index in [0.29, 0.717) is 5.66 Å². The fourth-order valence-corrected chi connectivity index (χ4v) is 6.22. The van der Waals surface area contributed by atoms with E-state index in [1.54, 1.807) is 0 Å². The molecule has 0 amide bonds. The molecule has 0 aliphatic heterocycles. The highest BCUT2D eigenvalue weighted by Gasteiger charge is 2.18. The van der Waals surface area contributed by atoms with Crippen LogP contribution in [0, 0.1) is 0 Å². The van der Waals surface area contributed by atoms with E-state index in [1.807, 2.05) is 0 Å². The number of benzene rings is 3. The van der Waals surface area contributed by atoms with E-state index in [0.717, 1.165) is 0 Å². The fourth-order valence-electron chi connectivity index (χ4n) is 2.67. The van der Waals surface area contributed by atoms with Crippen molar-refractivity contribution < 1.29 is 0 Å². The molecule has 0 heterocycles. The van der Waals surface area contributed by atoms with Crippen LogP contribution in [-0.4, -0.2) is 0 Å². The minimum absolute atomic E-state index is 0.190. The lowest BCUT2D eigenvalue weighted by Crippen LogP contribution is -1.94. The monoisotopic (exact) mass is 554 g/mol. The minimum atomic E-state index is -0.190. The van der Waals surface area contributed by atoms with Crippen molar-refractivity contribution in [3.8, 4) is 0 Å². The summed E-state index contributed by atoms with van der Waals surface area (Å²) in [4.78, 5) is 0. The summed E-state index contributed by atoms with van der Waals surface area (Å²) in [5.41, 5.74) is 5.67. The van der Waals surface area contributed by atoms with Crippen molar-refractivity contribution in [3.05, 3.63) is 114 Å². The second-order valence-electron chi connectivity index (χ2n) is 5.43. The molecule has 3 aromatic carbocycles. The van der Waals surface area contributed by atoms with Gasteiger partial charge in [0.2, 0.25) is 0 Å². The second kappa shape index (κ2) is 9.12. The molecule has 0 fully saturated rings. The Morgan fingerprint density at radius 2 is 1.08 bits per heavy atom. The molecule has 0 N–H and O–H groups in total. The van der Waals surface area contributed by atoms with Gasteiger partial charge >= 0.3 is 0 Å². The van der Waals surface area contributed by atoms with Gasteiger partial charge in [-0.3, -0.25) is 0 Å². The van der Waals surface area contributed by atoms with Crippen LogP contribution in [0.1, 0.15) is 22.3 Å². The smallest absolute Gasteiger partial charge is 0.0411 e. The fraction of sp³-hybridized carbons (Fsp3) is 0.0476. The van der Waals surface area contributed by atoms with Crippen LogP contribution >= 0.6 is 47.3 Å². The van der Waals surface area contributed by atoms with E-state index < -0.39 is 0 Å². The lowest BCUT2D eigenvalue weighted by Gasteiger charge is -2.18. The van der Waals surface area contributed by atoms with Gasteiger partial charge in [-0.1, -0.05) is 97.1 Å². The Labute approximate surface area is 171 Å². The zero-order valence-corrected chi connectivity index (χ0v) is 18.2. The summed E-state index contributed by atoms with van der Waals surface area (Å²) >= 11 is 5.17. The molecular weight excluding hydrogens is 537 g/mol. The largest absolute Gasteiger partial charge is 0.0628 e. The van der Waals surface area contributed by atoms with Crippen molar-refractivity contribution in [1.29, 1.82) is 0 Å². The molecule has 120 valence electrons. The number of rotatable bonds is 5. The molecule has 0 saturated heterocycles. The molecule has 0 bridgehead atoms. The quantitative estimate of drug-likeness (QED) is 0.221. The normalized spacial score (nSPS) is 12.0. The van der Waals surface area contributed by atoms with E-state index in [9.17, 15) is 0 Å². The average Bonchev–Trinajstić information content (AvgIpc) is 2.64. The summed E-state index contributed by atoms with van der Waals surface area (Å²) in [7, 11) is 0. The molecule has 3 rings (SSSR count). The van der Waals surface area contributed by atoms with Crippen LogP contribution < -0.4 is 0 Å². The standard InChI is InChI=1S/C21H17I2P/c22-24(23)21(19-14-8-3-9-15-19)16-20(17-10-4-1-5-11-17)18-12-6-2-7-13-18/h1-16,21H. The van der Waals surface area contributed by atoms with E-state index in [2.05, 4.69) is 141 Å². The Hall–Kier alpha value is -0.710. The molecule has 0 aliphatic carbocycles. The van der Waals surface area contributed by atoms with E-state index in [-0.39, 0.29) is 3.21 Å². The van der Waals surface area contributed by atoms with Gasteiger partial charge in [-0.15, -0.1) is 0 Å². The predicted molar refractivity (Wildman–Crippen MR) is 124 cm³/mol. The van der Waals surface area contributed by atoms with Gasteiger partial charge in [0.25, 0.3) is 0 Å². The maximum atomic E-state index is 2.59. The zero-order chi connectivity index (χ0) is 16.8. The van der Waals surface area contributed by atoms with Gasteiger partial charge in [0.1, 0.15) is 0 Å². The van der Waals surface area contributed by atoms with Crippen LogP contribution in [0.5, 0.6) is 0 Å². The maximum absolute atomic E-state index is 2.59. The Balaban J connectivity index is 2.11. The van der Waals surface area contributed by atoms with Crippen molar-refractivity contribution >= 4 is 52.9 Å². The van der Waals surface area contributed by atoms with Crippen LogP contribution in [0.2, 0.25) is 0 Å². The molecule has 24 heavy (non-hydrogen) atoms. The molecule has 0 nitrogen and oxygen atoms in total. The highest BCUT2D eigenvalue weighted by molar-refractivity contribution is 14.3. The topological polar surface area (TPSA) is 0 Å². The molecule has 3 aromatic rings.